The molecule has 0 saturated carbocycles. The van der Waals surface area contributed by atoms with Gasteiger partial charge in [0.1, 0.15) is 11.4 Å². The zero-order valence-corrected chi connectivity index (χ0v) is 9.35. The van der Waals surface area contributed by atoms with Gasteiger partial charge in [0.15, 0.2) is 0 Å². The summed E-state index contributed by atoms with van der Waals surface area (Å²) in [5.41, 5.74) is 0.475. The van der Waals surface area contributed by atoms with Gasteiger partial charge in [0.2, 0.25) is 0 Å². The predicted octanol–water partition coefficient (Wildman–Crippen LogP) is 2.41. The van der Waals surface area contributed by atoms with Crippen LogP contribution in [0.5, 0.6) is 0 Å². The van der Waals surface area contributed by atoms with E-state index in [0.29, 0.717) is 24.4 Å². The summed E-state index contributed by atoms with van der Waals surface area (Å²) in [7, 11) is 0. The second-order valence-corrected chi connectivity index (χ2v) is 3.84. The first-order valence-electron chi connectivity index (χ1n) is 5.08. The Morgan fingerprint density at radius 1 is 1.57 bits per heavy atom. The van der Waals surface area contributed by atoms with Crippen molar-refractivity contribution < 1.29 is 14.3 Å². The molecule has 0 spiro atoms. The first-order chi connectivity index (χ1) is 6.52. The first-order valence-corrected chi connectivity index (χ1v) is 5.08. The van der Waals surface area contributed by atoms with Crippen LogP contribution < -0.4 is 0 Å². The summed E-state index contributed by atoms with van der Waals surface area (Å²) in [6, 6.07) is 0. The molecular weight excluding hydrogens is 180 g/mol. The molecule has 0 bridgehead atoms. The highest BCUT2D eigenvalue weighted by Gasteiger charge is 2.36. The Morgan fingerprint density at radius 3 is 2.64 bits per heavy atom. The summed E-state index contributed by atoms with van der Waals surface area (Å²) < 4.78 is 10.6. The molecule has 1 heterocycles. The molecule has 80 valence electrons. The lowest BCUT2D eigenvalue weighted by Crippen LogP contribution is -2.23. The van der Waals surface area contributed by atoms with Gasteiger partial charge in [-0.1, -0.05) is 6.92 Å². The van der Waals surface area contributed by atoms with Crippen molar-refractivity contribution in [3.05, 3.63) is 11.3 Å². The number of esters is 1. The van der Waals surface area contributed by atoms with E-state index in [9.17, 15) is 4.79 Å². The molecule has 1 aliphatic heterocycles. The largest absolute Gasteiger partial charge is 0.491 e. The number of hydrogen-bond donors (Lipinski definition) is 0. The summed E-state index contributed by atoms with van der Waals surface area (Å²) in [5, 5.41) is 0. The zero-order chi connectivity index (χ0) is 10.8. The van der Waals surface area contributed by atoms with Gasteiger partial charge in [0.25, 0.3) is 0 Å². The van der Waals surface area contributed by atoms with E-state index >= 15 is 0 Å². The van der Waals surface area contributed by atoms with Gasteiger partial charge in [0.05, 0.1) is 12.2 Å². The molecule has 0 aromatic rings. The second-order valence-electron chi connectivity index (χ2n) is 3.84. The lowest BCUT2D eigenvalue weighted by atomic mass is 9.96. The van der Waals surface area contributed by atoms with Gasteiger partial charge in [-0.2, -0.15) is 0 Å². The Morgan fingerprint density at radius 2 is 2.21 bits per heavy atom. The summed E-state index contributed by atoms with van der Waals surface area (Å²) >= 11 is 0. The Labute approximate surface area is 85.1 Å². The third kappa shape index (κ3) is 2.08. The van der Waals surface area contributed by atoms with Crippen molar-refractivity contribution in [2.24, 2.45) is 0 Å². The fraction of sp³-hybridized carbons (Fsp3) is 0.727. The summed E-state index contributed by atoms with van der Waals surface area (Å²) in [6.45, 7) is 8.12. The molecular formula is C11H18O3. The average Bonchev–Trinajstić information content (AvgIpc) is 2.43. The van der Waals surface area contributed by atoms with Crippen LogP contribution in [0.3, 0.4) is 0 Å². The van der Waals surface area contributed by atoms with Gasteiger partial charge in [-0.3, -0.25) is 0 Å². The van der Waals surface area contributed by atoms with E-state index in [4.69, 9.17) is 9.47 Å². The number of rotatable bonds is 3. The molecule has 1 atom stereocenters. The van der Waals surface area contributed by atoms with E-state index in [1.807, 2.05) is 20.8 Å². The molecule has 14 heavy (non-hydrogen) atoms. The predicted molar refractivity (Wildman–Crippen MR) is 53.7 cm³/mol. The van der Waals surface area contributed by atoms with E-state index in [1.165, 1.54) is 0 Å². The van der Waals surface area contributed by atoms with Crippen molar-refractivity contribution in [1.29, 1.82) is 0 Å². The highest BCUT2D eigenvalue weighted by atomic mass is 16.5. The Bertz CT molecular complexity index is 268. The zero-order valence-electron chi connectivity index (χ0n) is 9.35. The summed E-state index contributed by atoms with van der Waals surface area (Å²) in [4.78, 5) is 11.5. The van der Waals surface area contributed by atoms with Crippen LogP contribution in [-0.2, 0) is 14.3 Å². The minimum Gasteiger partial charge on any atom is -0.491 e. The fourth-order valence-electron chi connectivity index (χ4n) is 1.60. The molecule has 0 aromatic heterocycles. The van der Waals surface area contributed by atoms with Gasteiger partial charge >= 0.3 is 5.97 Å². The molecule has 3 heteroatoms. The SMILES string of the molecule is CCOC(=O)C1=C(C)OC(C)(CC)C1. The Hall–Kier alpha value is -0.990. The summed E-state index contributed by atoms with van der Waals surface area (Å²) in [5.74, 6) is 0.481. The molecule has 1 unspecified atom stereocenters. The van der Waals surface area contributed by atoms with Crippen LogP contribution in [0.1, 0.15) is 40.5 Å². The third-order valence-electron chi connectivity index (χ3n) is 2.64. The van der Waals surface area contributed by atoms with Crippen LogP contribution in [-0.4, -0.2) is 18.2 Å². The minimum absolute atomic E-state index is 0.216. The quantitative estimate of drug-likeness (QED) is 0.653. The highest BCUT2D eigenvalue weighted by molar-refractivity contribution is 5.89. The molecule has 0 aromatic carbocycles. The highest BCUT2D eigenvalue weighted by Crippen LogP contribution is 2.36. The molecule has 1 aliphatic rings. The number of hydrogen-bond acceptors (Lipinski definition) is 3. The van der Waals surface area contributed by atoms with Gasteiger partial charge in [-0.25, -0.2) is 4.79 Å². The van der Waals surface area contributed by atoms with Crippen LogP contribution in [0.4, 0.5) is 0 Å². The van der Waals surface area contributed by atoms with Gasteiger partial charge < -0.3 is 9.47 Å². The standard InChI is InChI=1S/C11H18O3/c1-5-11(4)7-9(8(3)14-11)10(12)13-6-2/h5-7H2,1-4H3. The lowest BCUT2D eigenvalue weighted by molar-refractivity contribution is -0.138. The van der Waals surface area contributed by atoms with Crippen molar-refractivity contribution in [3.63, 3.8) is 0 Å². The molecule has 3 nitrogen and oxygen atoms in total. The van der Waals surface area contributed by atoms with E-state index in [-0.39, 0.29) is 11.6 Å². The molecule has 0 radical (unpaired) electrons. The van der Waals surface area contributed by atoms with Crippen LogP contribution in [0.25, 0.3) is 0 Å². The second kappa shape index (κ2) is 4.03. The number of ether oxygens (including phenoxy) is 2. The van der Waals surface area contributed by atoms with Crippen LogP contribution in [0.15, 0.2) is 11.3 Å². The monoisotopic (exact) mass is 198 g/mol. The topological polar surface area (TPSA) is 35.5 Å². The van der Waals surface area contributed by atoms with Gasteiger partial charge in [-0.05, 0) is 27.2 Å². The van der Waals surface area contributed by atoms with Crippen molar-refractivity contribution >= 4 is 5.97 Å². The minimum atomic E-state index is -0.234. The first kappa shape index (κ1) is 11.1. The maximum absolute atomic E-state index is 11.5. The van der Waals surface area contributed by atoms with E-state index in [2.05, 4.69) is 6.92 Å². The maximum atomic E-state index is 11.5. The van der Waals surface area contributed by atoms with E-state index in [0.717, 1.165) is 6.42 Å². The molecule has 0 aliphatic carbocycles. The smallest absolute Gasteiger partial charge is 0.337 e. The molecule has 0 N–H and O–H groups in total. The fourth-order valence-corrected chi connectivity index (χ4v) is 1.60. The normalized spacial score (nSPS) is 26.3. The number of carbonyl (C=O) groups excluding carboxylic acids is 1. The number of carbonyl (C=O) groups is 1. The molecule has 0 saturated heterocycles. The van der Waals surface area contributed by atoms with E-state index < -0.39 is 0 Å². The van der Waals surface area contributed by atoms with Crippen molar-refractivity contribution in [2.75, 3.05) is 6.61 Å². The molecule has 1 rings (SSSR count). The lowest BCUT2D eigenvalue weighted by Gasteiger charge is -2.22. The van der Waals surface area contributed by atoms with E-state index in [1.54, 1.807) is 0 Å². The third-order valence-corrected chi connectivity index (χ3v) is 2.64. The van der Waals surface area contributed by atoms with Gasteiger partial charge in [0, 0.05) is 6.42 Å². The van der Waals surface area contributed by atoms with Crippen LogP contribution in [0.2, 0.25) is 0 Å². The molecule has 0 fully saturated rings. The summed E-state index contributed by atoms with van der Waals surface area (Å²) in [6.07, 6.45) is 1.56. The van der Waals surface area contributed by atoms with Crippen molar-refractivity contribution in [2.45, 2.75) is 46.1 Å². The molecule has 0 amide bonds. The average molecular weight is 198 g/mol. The van der Waals surface area contributed by atoms with Crippen molar-refractivity contribution in [1.82, 2.24) is 0 Å². The van der Waals surface area contributed by atoms with Crippen LogP contribution in [0, 0.1) is 0 Å². The van der Waals surface area contributed by atoms with Crippen LogP contribution >= 0.6 is 0 Å². The number of allylic oxidation sites excluding steroid dienone is 1. The maximum Gasteiger partial charge on any atom is 0.337 e. The Kier molecular flexibility index (Phi) is 3.19. The van der Waals surface area contributed by atoms with Crippen molar-refractivity contribution in [3.8, 4) is 0 Å². The Balaban J connectivity index is 2.72. The van der Waals surface area contributed by atoms with Gasteiger partial charge in [-0.15, -0.1) is 0 Å².